The van der Waals surface area contributed by atoms with Crippen LogP contribution in [0, 0.1) is 18.8 Å². The summed E-state index contributed by atoms with van der Waals surface area (Å²) in [6.45, 7) is 30.3. The number of amides is 2. The van der Waals surface area contributed by atoms with E-state index >= 15 is 0 Å². The van der Waals surface area contributed by atoms with E-state index in [9.17, 15) is 13.6 Å². The minimum absolute atomic E-state index is 0.312. The number of halogens is 2. The summed E-state index contributed by atoms with van der Waals surface area (Å²) in [6, 6.07) is 24.5. The van der Waals surface area contributed by atoms with Crippen molar-refractivity contribution in [3.8, 4) is 5.75 Å². The van der Waals surface area contributed by atoms with Crippen LogP contribution >= 0.6 is 0 Å². The van der Waals surface area contributed by atoms with Gasteiger partial charge in [-0.25, -0.2) is 9.79 Å². The Morgan fingerprint density at radius 1 is 0.855 bits per heavy atom. The number of carbonyl (C=O) groups excluding carboxylic acids is 2. The lowest BCUT2D eigenvalue weighted by Crippen LogP contribution is -2.41. The van der Waals surface area contributed by atoms with Crippen molar-refractivity contribution in [2.45, 2.75) is 146 Å². The molecule has 384 valence electrons. The van der Waals surface area contributed by atoms with E-state index in [4.69, 9.17) is 19.4 Å². The predicted octanol–water partition coefficient (Wildman–Crippen LogP) is 13.5. The smallest absolute Gasteiger partial charge is 0.374 e. The van der Waals surface area contributed by atoms with Crippen LogP contribution < -0.4 is 30.1 Å². The zero-order chi connectivity index (χ0) is 51.8. The molecular weight excluding hydrogens is 875 g/mol. The van der Waals surface area contributed by atoms with Gasteiger partial charge in [0.2, 0.25) is 12.8 Å². The number of aliphatic carboxylic acids is 1. The number of carboxylic acids is 1. The van der Waals surface area contributed by atoms with E-state index in [-0.39, 0.29) is 0 Å². The molecule has 13 heteroatoms. The highest BCUT2D eigenvalue weighted by atomic mass is 19.3. The fourth-order valence-corrected chi connectivity index (χ4v) is 8.27. The van der Waals surface area contributed by atoms with E-state index in [0.29, 0.717) is 25.6 Å². The topological polar surface area (TPSA) is 127 Å². The van der Waals surface area contributed by atoms with Crippen LogP contribution in [0.25, 0.3) is 0 Å². The number of unbranched alkanes of at least 4 members (excludes halogenated alkanes) is 2. The predicted molar refractivity (Wildman–Crippen MR) is 286 cm³/mol. The van der Waals surface area contributed by atoms with Crippen LogP contribution in [0.1, 0.15) is 138 Å². The lowest BCUT2D eigenvalue weighted by atomic mass is 9.78. The fraction of sp³-hybridized carbons (Fsp3) is 0.536. The Labute approximate surface area is 414 Å². The van der Waals surface area contributed by atoms with Crippen LogP contribution in [0.4, 0.5) is 31.5 Å². The second kappa shape index (κ2) is 34.5. The van der Waals surface area contributed by atoms with E-state index in [0.717, 1.165) is 81.8 Å². The summed E-state index contributed by atoms with van der Waals surface area (Å²) < 4.78 is 27.9. The number of hydrogen-bond donors (Lipinski definition) is 3. The first-order valence-corrected chi connectivity index (χ1v) is 25.2. The van der Waals surface area contributed by atoms with Gasteiger partial charge in [-0.15, -0.1) is 0 Å². The Morgan fingerprint density at radius 3 is 1.81 bits per heavy atom. The Kier molecular flexibility index (Phi) is 30.7. The summed E-state index contributed by atoms with van der Waals surface area (Å²) in [6.07, 6.45) is 14.8. The van der Waals surface area contributed by atoms with Crippen LogP contribution in [0.5, 0.6) is 5.75 Å². The molecule has 0 atom stereocenters. The van der Waals surface area contributed by atoms with Gasteiger partial charge < -0.3 is 35.2 Å². The lowest BCUT2D eigenvalue weighted by molar-refractivity contribution is -0.161. The summed E-state index contributed by atoms with van der Waals surface area (Å²) in [5.41, 5.74) is 10.5. The molecule has 11 nitrogen and oxygen atoms in total. The number of benzene rings is 3. The van der Waals surface area contributed by atoms with Gasteiger partial charge in [-0.3, -0.25) is 9.59 Å². The highest BCUT2D eigenvalue weighted by Gasteiger charge is 2.31. The molecule has 5 rings (SSSR count). The number of aliphatic imine (C=N–C) groups is 1. The normalized spacial score (nSPS) is 14.2. The molecule has 2 heterocycles. The number of imide groups is 1. The van der Waals surface area contributed by atoms with Gasteiger partial charge in [0.1, 0.15) is 11.6 Å². The molecule has 0 unspecified atom stereocenters. The third-order valence-corrected chi connectivity index (χ3v) is 12.2. The standard InChI is InChI=1S/C47H67N5O.C3H4F2O2.C2H3NO2.2C2H6/c1-8-11-12-13-42(36(4)10-3)34-48-38(6)49-43-16-18-44(19-17-43)50-29-24-40(25-30-50)41-26-31-51(32-27-41)45-20-23-47(37(5)33-45)52(28-9-2)35-39-14-21-46(53-7)22-15-39;1-3(4,5)2(6)7;4-1-3-2-5;2*1-2/h14-23,33-34,40-41,49H,6,8-13,24-32,35H2,1-5,7H3;1H3,(H,6,7);1-2H,(H,3,4,5);2*1-2H3/b42-36+,48-34-;;;;. The maximum atomic E-state index is 11.2. The molecule has 3 aromatic rings. The number of carbonyl (C=O) groups is 3. The van der Waals surface area contributed by atoms with Gasteiger partial charge in [-0.05, 0) is 148 Å². The number of piperidine rings is 2. The molecule has 2 saturated heterocycles. The number of hydrogen-bond acceptors (Lipinski definition) is 9. The van der Waals surface area contributed by atoms with Gasteiger partial charge in [0.05, 0.1) is 7.11 Å². The second-order valence-electron chi connectivity index (χ2n) is 17.0. The van der Waals surface area contributed by atoms with Crippen molar-refractivity contribution in [3.05, 3.63) is 101 Å². The summed E-state index contributed by atoms with van der Waals surface area (Å²) in [5, 5.41) is 12.7. The number of methoxy groups -OCH3 is 1. The van der Waals surface area contributed by atoms with Gasteiger partial charge in [0.25, 0.3) is 0 Å². The van der Waals surface area contributed by atoms with Crippen molar-refractivity contribution in [1.82, 2.24) is 5.32 Å². The summed E-state index contributed by atoms with van der Waals surface area (Å²) in [7, 11) is 1.72. The number of rotatable bonds is 21. The zero-order valence-corrected chi connectivity index (χ0v) is 43.9. The Hall–Kier alpha value is -5.72. The first-order chi connectivity index (χ1) is 33.2. The molecule has 2 amide bonds. The number of nitrogens with one attached hydrogen (secondary N) is 2. The van der Waals surface area contributed by atoms with E-state index in [1.54, 1.807) is 12.4 Å². The Morgan fingerprint density at radius 2 is 1.38 bits per heavy atom. The number of alkyl halides is 2. The molecule has 69 heavy (non-hydrogen) atoms. The molecule has 2 fully saturated rings. The third kappa shape index (κ3) is 22.5. The van der Waals surface area contributed by atoms with Crippen LogP contribution in [0.3, 0.4) is 0 Å². The van der Waals surface area contributed by atoms with Gasteiger partial charge in [0.15, 0.2) is 0 Å². The molecule has 2 aliphatic rings. The molecular formula is C56H86F2N6O5. The molecule has 3 aromatic carbocycles. The largest absolute Gasteiger partial charge is 0.497 e. The average molecular weight is 961 g/mol. The molecule has 0 spiro atoms. The maximum Gasteiger partial charge on any atom is 0.374 e. The van der Waals surface area contributed by atoms with E-state index in [1.807, 2.05) is 33.9 Å². The maximum absolute atomic E-state index is 11.2. The Balaban J connectivity index is 0.00000129. The van der Waals surface area contributed by atoms with E-state index < -0.39 is 11.9 Å². The third-order valence-electron chi connectivity index (χ3n) is 12.2. The second-order valence-corrected chi connectivity index (χ2v) is 17.0. The van der Waals surface area contributed by atoms with E-state index in [2.05, 4.69) is 133 Å². The highest BCUT2D eigenvalue weighted by Crippen LogP contribution is 2.36. The lowest BCUT2D eigenvalue weighted by Gasteiger charge is -2.41. The zero-order valence-electron chi connectivity index (χ0n) is 43.9. The van der Waals surface area contributed by atoms with Crippen molar-refractivity contribution in [1.29, 1.82) is 0 Å². The van der Waals surface area contributed by atoms with E-state index in [1.165, 1.54) is 84.3 Å². The van der Waals surface area contributed by atoms with Crippen LogP contribution in [-0.2, 0) is 20.9 Å². The van der Waals surface area contributed by atoms with Gasteiger partial charge in [-0.2, -0.15) is 8.78 Å². The van der Waals surface area contributed by atoms with Crippen LogP contribution in [-0.4, -0.2) is 75.9 Å². The van der Waals surface area contributed by atoms with Gasteiger partial charge in [-0.1, -0.05) is 85.6 Å². The minimum Gasteiger partial charge on any atom is -0.497 e. The summed E-state index contributed by atoms with van der Waals surface area (Å²) >= 11 is 0. The molecule has 0 aromatic heterocycles. The van der Waals surface area contributed by atoms with Crippen molar-refractivity contribution in [2.75, 3.05) is 59.9 Å². The number of anilines is 4. The molecule has 2 aliphatic heterocycles. The first kappa shape index (κ1) is 61.3. The number of aryl methyl sites for hydroxylation is 1. The number of allylic oxidation sites excluding steroid dienone is 2. The average Bonchev–Trinajstić information content (AvgIpc) is 3.37. The van der Waals surface area contributed by atoms with Crippen LogP contribution in [0.15, 0.2) is 95.3 Å². The minimum atomic E-state index is -3.58. The first-order valence-electron chi connectivity index (χ1n) is 25.2. The van der Waals surface area contributed by atoms with Crippen molar-refractivity contribution in [3.63, 3.8) is 0 Å². The number of ether oxygens (including phenoxy) is 1. The SMILES string of the molecule is C=C(/N=C\C(CCCCC)=C(/C)CC)Nc1ccc(N2CCC(C3CCN(c4ccc(N(CCC)Cc5ccc(OC)cc5)c(C)c4)CC3)CC2)cc1.CC.CC.CC(F)(F)C(=O)O.O=CNC=O. The molecule has 0 radical (unpaired) electrons. The van der Waals surface area contributed by atoms with Crippen molar-refractivity contribution < 1.29 is 33.0 Å². The Bertz CT molecular complexity index is 1960. The molecule has 0 saturated carbocycles. The van der Waals surface area contributed by atoms with Gasteiger partial charge in [0, 0.05) is 75.2 Å². The molecule has 3 N–H and O–H groups in total. The molecule has 0 aliphatic carbocycles. The highest BCUT2D eigenvalue weighted by molar-refractivity contribution is 5.80. The summed E-state index contributed by atoms with van der Waals surface area (Å²) in [4.78, 5) is 39.8. The fourth-order valence-electron chi connectivity index (χ4n) is 8.27. The summed E-state index contributed by atoms with van der Waals surface area (Å²) in [5.74, 6) is -2.41. The van der Waals surface area contributed by atoms with Crippen molar-refractivity contribution in [2.24, 2.45) is 16.8 Å². The van der Waals surface area contributed by atoms with Crippen LogP contribution in [0.2, 0.25) is 0 Å². The van der Waals surface area contributed by atoms with Gasteiger partial charge >= 0.3 is 11.9 Å². The van der Waals surface area contributed by atoms with Crippen molar-refractivity contribution >= 4 is 47.8 Å². The molecule has 0 bridgehead atoms. The quantitative estimate of drug-likeness (QED) is 0.0543. The number of carboxylic acid groups (broad SMARTS) is 1. The monoisotopic (exact) mass is 961 g/mol. The number of nitrogens with zero attached hydrogens (tertiary/aromatic N) is 4.